The zero-order valence-electron chi connectivity index (χ0n) is 6.00. The van der Waals surface area contributed by atoms with Crippen LogP contribution in [0.3, 0.4) is 0 Å². The average molecular weight is 296 g/mol. The summed E-state index contributed by atoms with van der Waals surface area (Å²) in [6, 6.07) is 2.63. The van der Waals surface area contributed by atoms with Crippen LogP contribution in [-0.4, -0.2) is 4.98 Å². The van der Waals surface area contributed by atoms with Gasteiger partial charge in [0, 0.05) is 27.4 Å². The summed E-state index contributed by atoms with van der Waals surface area (Å²) in [7, 11) is 1.37. The van der Waals surface area contributed by atoms with Gasteiger partial charge in [0.2, 0.25) is 0 Å². The van der Waals surface area contributed by atoms with Gasteiger partial charge in [-0.2, -0.15) is 0 Å². The first kappa shape index (κ1) is 9.79. The first-order valence-electron chi connectivity index (χ1n) is 3.09. The van der Waals surface area contributed by atoms with Crippen LogP contribution in [0.25, 0.3) is 6.08 Å². The number of aromatic nitrogens is 1. The van der Waals surface area contributed by atoms with Crippen molar-refractivity contribution in [1.29, 1.82) is 0 Å². The minimum Gasteiger partial charge on any atom is -0.393 e. The molecule has 0 aromatic carbocycles. The van der Waals surface area contributed by atoms with Gasteiger partial charge in [0.15, 0.2) is 0 Å². The highest BCUT2D eigenvalue weighted by Crippen LogP contribution is 2.20. The highest BCUT2D eigenvalue weighted by Gasteiger charge is 1.94. The quantitative estimate of drug-likeness (QED) is 0.853. The number of rotatable bonds is 2. The monoisotopic (exact) mass is 296 g/mol. The fraction of sp³-hybridized carbons (Fsp3) is 0. The topological polar surface area (TPSA) is 38.9 Å². The maximum Gasteiger partial charge on any atom is 0.126 e. The Bertz CT molecular complexity index is 303. The molecule has 0 fully saturated rings. The molecule has 0 aliphatic carbocycles. The number of hydrogen-bond donors (Lipinski definition) is 1. The molecule has 0 saturated heterocycles. The number of pyridine rings is 1. The Morgan fingerprint density at radius 3 is 3.08 bits per heavy atom. The second-order valence-corrected chi connectivity index (χ2v) is 3.97. The van der Waals surface area contributed by atoms with Crippen molar-refractivity contribution in [2.45, 2.75) is 0 Å². The third kappa shape index (κ3) is 2.98. The van der Waals surface area contributed by atoms with E-state index in [0.717, 1.165) is 0 Å². The van der Waals surface area contributed by atoms with Crippen molar-refractivity contribution in [2.75, 3.05) is 0 Å². The summed E-state index contributed by atoms with van der Waals surface area (Å²) < 4.78 is 12.6. The minimum absolute atomic E-state index is 0.303. The smallest absolute Gasteiger partial charge is 0.126 e. The van der Waals surface area contributed by atoms with Crippen LogP contribution in [0.4, 0.5) is 4.39 Å². The Balaban J connectivity index is 2.89. The van der Waals surface area contributed by atoms with Crippen LogP contribution < -0.4 is 5.73 Å². The SMILES string of the molecule is N/C(=C\c1cc(F)ccn1)SI. The highest BCUT2D eigenvalue weighted by atomic mass is 127. The molecule has 0 saturated carbocycles. The molecule has 2 N–H and O–H groups in total. The lowest BCUT2D eigenvalue weighted by molar-refractivity contribution is 0.625. The van der Waals surface area contributed by atoms with E-state index >= 15 is 0 Å². The Hall–Kier alpha value is -0.300. The van der Waals surface area contributed by atoms with Gasteiger partial charge in [-0.15, -0.1) is 0 Å². The fourth-order valence-electron chi connectivity index (χ4n) is 0.668. The second kappa shape index (κ2) is 4.66. The van der Waals surface area contributed by atoms with E-state index in [1.807, 2.05) is 0 Å². The van der Waals surface area contributed by atoms with Crippen LogP contribution in [0.1, 0.15) is 5.69 Å². The zero-order chi connectivity index (χ0) is 8.97. The van der Waals surface area contributed by atoms with Gasteiger partial charge in [0.1, 0.15) is 5.82 Å². The van der Waals surface area contributed by atoms with E-state index in [0.29, 0.717) is 10.7 Å². The Kier molecular flexibility index (Phi) is 3.80. The summed E-state index contributed by atoms with van der Waals surface area (Å²) in [6.07, 6.45) is 3.03. The van der Waals surface area contributed by atoms with Crippen molar-refractivity contribution in [1.82, 2.24) is 4.98 Å². The molecule has 2 nitrogen and oxygen atoms in total. The van der Waals surface area contributed by atoms with Crippen molar-refractivity contribution < 1.29 is 4.39 Å². The molecular weight excluding hydrogens is 290 g/mol. The van der Waals surface area contributed by atoms with E-state index in [2.05, 4.69) is 26.2 Å². The molecule has 0 bridgehead atoms. The lowest BCUT2D eigenvalue weighted by Gasteiger charge is -1.94. The van der Waals surface area contributed by atoms with Gasteiger partial charge in [-0.25, -0.2) is 4.39 Å². The minimum atomic E-state index is -0.303. The van der Waals surface area contributed by atoms with Crippen molar-refractivity contribution in [2.24, 2.45) is 5.73 Å². The molecule has 0 aliphatic heterocycles. The average Bonchev–Trinajstić information content (AvgIpc) is 2.04. The van der Waals surface area contributed by atoms with E-state index in [4.69, 9.17) is 5.73 Å². The maximum absolute atomic E-state index is 12.6. The van der Waals surface area contributed by atoms with Gasteiger partial charge in [-0.05, 0) is 27.1 Å². The summed E-state index contributed by atoms with van der Waals surface area (Å²) in [4.78, 5) is 3.91. The number of nitrogens with two attached hydrogens (primary N) is 1. The van der Waals surface area contributed by atoms with Crippen LogP contribution in [-0.2, 0) is 0 Å². The third-order valence-corrected chi connectivity index (χ3v) is 2.94. The predicted octanol–water partition coefficient (Wildman–Crippen LogP) is 2.56. The summed E-state index contributed by atoms with van der Waals surface area (Å²) in [5.41, 5.74) is 6.05. The summed E-state index contributed by atoms with van der Waals surface area (Å²) >= 11 is 2.05. The first-order valence-corrected chi connectivity index (χ1v) is 6.45. The Morgan fingerprint density at radius 1 is 1.75 bits per heavy atom. The van der Waals surface area contributed by atoms with Gasteiger partial charge >= 0.3 is 0 Å². The first-order chi connectivity index (χ1) is 5.72. The van der Waals surface area contributed by atoms with Crippen LogP contribution in [0.5, 0.6) is 0 Å². The van der Waals surface area contributed by atoms with Crippen molar-refractivity contribution in [3.8, 4) is 0 Å². The third-order valence-electron chi connectivity index (χ3n) is 1.12. The number of hydrogen-bond acceptors (Lipinski definition) is 3. The van der Waals surface area contributed by atoms with Gasteiger partial charge in [0.05, 0.1) is 10.7 Å². The molecule has 0 unspecified atom stereocenters. The second-order valence-electron chi connectivity index (χ2n) is 2.02. The van der Waals surface area contributed by atoms with E-state index in [9.17, 15) is 4.39 Å². The summed E-state index contributed by atoms with van der Waals surface area (Å²) in [6.45, 7) is 0. The fourth-order valence-corrected chi connectivity index (χ4v) is 1.21. The van der Waals surface area contributed by atoms with Gasteiger partial charge in [-0.1, -0.05) is 0 Å². The summed E-state index contributed by atoms with van der Waals surface area (Å²) in [5.74, 6) is -0.303. The number of halogens is 2. The summed E-state index contributed by atoms with van der Waals surface area (Å²) in [5, 5.41) is 0.605. The Morgan fingerprint density at radius 2 is 2.50 bits per heavy atom. The predicted molar refractivity (Wildman–Crippen MR) is 58.0 cm³/mol. The van der Waals surface area contributed by atoms with Gasteiger partial charge in [0.25, 0.3) is 0 Å². The lowest BCUT2D eigenvalue weighted by Crippen LogP contribution is -1.90. The zero-order valence-corrected chi connectivity index (χ0v) is 8.97. The maximum atomic E-state index is 12.6. The van der Waals surface area contributed by atoms with Crippen LogP contribution in [0.2, 0.25) is 0 Å². The standard InChI is InChI=1S/C7H6FIN2S/c8-5-1-2-11-6(3-5)4-7(10)12-9/h1-4H,10H2/b7-4+. The van der Waals surface area contributed by atoms with Crippen LogP contribution in [0.15, 0.2) is 23.4 Å². The molecule has 0 atom stereocenters. The lowest BCUT2D eigenvalue weighted by atomic mass is 10.3. The molecule has 1 aromatic rings. The Labute approximate surface area is 86.0 Å². The molecule has 0 spiro atoms. The largest absolute Gasteiger partial charge is 0.393 e. The number of nitrogens with zero attached hydrogens (tertiary/aromatic N) is 1. The molecule has 1 aromatic heterocycles. The normalized spacial score (nSPS) is 11.7. The highest BCUT2D eigenvalue weighted by molar-refractivity contribution is 14.2. The van der Waals surface area contributed by atoms with E-state index in [1.165, 1.54) is 27.3 Å². The molecule has 0 amide bonds. The molecule has 64 valence electrons. The molecule has 0 radical (unpaired) electrons. The van der Waals surface area contributed by atoms with Crippen molar-refractivity contribution in [3.63, 3.8) is 0 Å². The van der Waals surface area contributed by atoms with Crippen molar-refractivity contribution >= 4 is 36.2 Å². The van der Waals surface area contributed by atoms with E-state index in [1.54, 1.807) is 6.08 Å². The van der Waals surface area contributed by atoms with Crippen LogP contribution in [0, 0.1) is 5.82 Å². The molecule has 12 heavy (non-hydrogen) atoms. The van der Waals surface area contributed by atoms with Gasteiger partial charge < -0.3 is 5.73 Å². The molecule has 1 rings (SSSR count). The molecule has 1 heterocycles. The van der Waals surface area contributed by atoms with E-state index in [-0.39, 0.29) is 5.82 Å². The molecular formula is C7H6FIN2S. The molecule has 5 heteroatoms. The van der Waals surface area contributed by atoms with E-state index < -0.39 is 0 Å². The van der Waals surface area contributed by atoms with Crippen LogP contribution >= 0.6 is 30.1 Å². The van der Waals surface area contributed by atoms with Gasteiger partial charge in [-0.3, -0.25) is 4.98 Å². The van der Waals surface area contributed by atoms with Crippen molar-refractivity contribution in [3.05, 3.63) is 34.9 Å². The molecule has 0 aliphatic rings.